The molecule has 6 heteroatoms. The van der Waals surface area contributed by atoms with E-state index in [1.807, 2.05) is 0 Å². The molecule has 3 nitrogen and oxygen atoms in total. The van der Waals surface area contributed by atoms with Gasteiger partial charge in [-0.2, -0.15) is 8.78 Å². The summed E-state index contributed by atoms with van der Waals surface area (Å²) in [6, 6.07) is 8.20. The van der Waals surface area contributed by atoms with Crippen LogP contribution in [0.1, 0.15) is 6.92 Å². The molecule has 0 heterocycles. The number of hydrogen-bond donors (Lipinski definition) is 1. The predicted molar refractivity (Wildman–Crippen MR) is 65.6 cm³/mol. The van der Waals surface area contributed by atoms with Crippen molar-refractivity contribution in [3.8, 4) is 0 Å². The average Bonchev–Trinajstić information content (AvgIpc) is 2.28. The molecule has 1 N–H and O–H groups in total. The molecule has 0 aliphatic carbocycles. The van der Waals surface area contributed by atoms with E-state index in [0.29, 0.717) is 11.8 Å². The van der Waals surface area contributed by atoms with Crippen molar-refractivity contribution in [2.45, 2.75) is 12.3 Å². The quantitative estimate of drug-likeness (QED) is 0.509. The van der Waals surface area contributed by atoms with Crippen molar-refractivity contribution in [3.63, 3.8) is 0 Å². The van der Waals surface area contributed by atoms with Crippen molar-refractivity contribution in [3.05, 3.63) is 42.1 Å². The molecule has 1 aromatic rings. The number of nitrogens with one attached hydrogen (secondary N) is 1. The Balaban J connectivity index is 2.90. The molecule has 0 amide bonds. The maximum absolute atomic E-state index is 13.1. The van der Waals surface area contributed by atoms with E-state index in [0.717, 1.165) is 0 Å². The largest absolute Gasteiger partial charge is 0.463 e. The number of para-hydroxylation sites is 1. The molecule has 0 unspecified atom stereocenters. The zero-order valence-electron chi connectivity index (χ0n) is 9.62. The van der Waals surface area contributed by atoms with Gasteiger partial charge in [-0.05, 0) is 30.7 Å². The predicted octanol–water partition coefficient (Wildman–Crippen LogP) is 3.38. The van der Waals surface area contributed by atoms with Gasteiger partial charge in [-0.25, -0.2) is 4.79 Å². The van der Waals surface area contributed by atoms with Gasteiger partial charge in [-0.15, -0.1) is 0 Å². The molecule has 0 atom stereocenters. The minimum absolute atomic E-state index is 0.0990. The minimum atomic E-state index is -3.68. The van der Waals surface area contributed by atoms with Gasteiger partial charge in [0.05, 0.1) is 12.7 Å². The van der Waals surface area contributed by atoms with Crippen LogP contribution in [0.25, 0.3) is 0 Å². The van der Waals surface area contributed by atoms with Crippen LogP contribution in [0, 0.1) is 0 Å². The summed E-state index contributed by atoms with van der Waals surface area (Å²) in [4.78, 5) is 11.2. The molecule has 0 saturated carbocycles. The monoisotopic (exact) mass is 275 g/mol. The van der Waals surface area contributed by atoms with Crippen LogP contribution in [0.15, 0.2) is 42.1 Å². The zero-order valence-corrected chi connectivity index (χ0v) is 10.4. The normalized spacial score (nSPS) is 12.1. The third kappa shape index (κ3) is 4.71. The number of carbonyl (C=O) groups is 1. The van der Waals surface area contributed by atoms with Gasteiger partial charge in [0.25, 0.3) is 0 Å². The molecule has 0 saturated heterocycles. The van der Waals surface area contributed by atoms with E-state index in [1.54, 1.807) is 37.3 Å². The first-order valence-electron chi connectivity index (χ1n) is 5.21. The van der Waals surface area contributed by atoms with Gasteiger partial charge in [0.1, 0.15) is 5.70 Å². The van der Waals surface area contributed by atoms with Crippen molar-refractivity contribution < 1.29 is 18.3 Å². The summed E-state index contributed by atoms with van der Waals surface area (Å²) in [6.07, 6.45) is 0.642. The fourth-order valence-corrected chi connectivity index (χ4v) is 1.27. The van der Waals surface area contributed by atoms with Gasteiger partial charge in [0, 0.05) is 5.69 Å². The third-order valence-electron chi connectivity index (χ3n) is 1.91. The molecule has 0 radical (unpaired) electrons. The summed E-state index contributed by atoms with van der Waals surface area (Å²) in [6.45, 7) is 1.68. The Hall–Kier alpha value is -1.62. The van der Waals surface area contributed by atoms with E-state index >= 15 is 0 Å². The number of allylic oxidation sites excluding steroid dienone is 1. The van der Waals surface area contributed by atoms with Crippen LogP contribution in [0.5, 0.6) is 0 Å². The topological polar surface area (TPSA) is 38.3 Å². The fourth-order valence-electron chi connectivity index (χ4n) is 1.17. The molecule has 1 aromatic carbocycles. The molecule has 0 bridgehead atoms. The Morgan fingerprint density at radius 3 is 2.56 bits per heavy atom. The second-order valence-corrected chi connectivity index (χ2v) is 3.77. The van der Waals surface area contributed by atoms with E-state index in [-0.39, 0.29) is 6.61 Å². The Morgan fingerprint density at radius 2 is 2.06 bits per heavy atom. The summed E-state index contributed by atoms with van der Waals surface area (Å²) in [5.41, 5.74) is -0.331. The number of halogens is 3. The van der Waals surface area contributed by atoms with Crippen molar-refractivity contribution in [2.75, 3.05) is 11.9 Å². The number of carbonyl (C=O) groups excluding carboxylic acids is 1. The van der Waals surface area contributed by atoms with Gasteiger partial charge >= 0.3 is 11.4 Å². The van der Waals surface area contributed by atoms with Gasteiger partial charge in [0.2, 0.25) is 0 Å². The van der Waals surface area contributed by atoms with Gasteiger partial charge in [0.15, 0.2) is 0 Å². The highest BCUT2D eigenvalue weighted by Gasteiger charge is 2.32. The SMILES string of the molecule is CCOC(=O)C=C(Nc1ccccc1)C(F)(F)Cl. The molecule has 0 aliphatic heterocycles. The highest BCUT2D eigenvalue weighted by molar-refractivity contribution is 6.24. The molecule has 18 heavy (non-hydrogen) atoms. The summed E-state index contributed by atoms with van der Waals surface area (Å²) in [7, 11) is 0. The van der Waals surface area contributed by atoms with Crippen LogP contribution in [0.2, 0.25) is 0 Å². The van der Waals surface area contributed by atoms with E-state index in [4.69, 9.17) is 11.6 Å². The first-order valence-corrected chi connectivity index (χ1v) is 5.59. The number of rotatable bonds is 5. The Morgan fingerprint density at radius 1 is 1.44 bits per heavy atom. The van der Waals surface area contributed by atoms with Crippen LogP contribution in [-0.2, 0) is 9.53 Å². The van der Waals surface area contributed by atoms with E-state index in [2.05, 4.69) is 10.1 Å². The number of anilines is 1. The first kappa shape index (κ1) is 14.4. The second kappa shape index (κ2) is 6.35. The number of alkyl halides is 3. The molecular formula is C12H12ClF2NO2. The third-order valence-corrected chi connectivity index (χ3v) is 2.11. The van der Waals surface area contributed by atoms with Gasteiger partial charge in [-0.1, -0.05) is 18.2 Å². The summed E-state index contributed by atoms with van der Waals surface area (Å²) < 4.78 is 30.8. The Labute approximate surface area is 108 Å². The second-order valence-electron chi connectivity index (χ2n) is 3.30. The highest BCUT2D eigenvalue weighted by Crippen LogP contribution is 2.29. The molecular weight excluding hydrogens is 264 g/mol. The Kier molecular flexibility index (Phi) is 5.09. The minimum Gasteiger partial charge on any atom is -0.463 e. The van der Waals surface area contributed by atoms with Crippen molar-refractivity contribution >= 4 is 23.3 Å². The molecule has 98 valence electrons. The van der Waals surface area contributed by atoms with Crippen molar-refractivity contribution in [2.24, 2.45) is 0 Å². The lowest BCUT2D eigenvalue weighted by molar-refractivity contribution is -0.137. The van der Waals surface area contributed by atoms with E-state index < -0.39 is 17.0 Å². The van der Waals surface area contributed by atoms with Gasteiger partial charge < -0.3 is 10.1 Å². The number of benzene rings is 1. The molecule has 0 aliphatic rings. The van der Waals surface area contributed by atoms with Crippen LogP contribution in [0.3, 0.4) is 0 Å². The molecule has 0 spiro atoms. The molecule has 0 aromatic heterocycles. The fraction of sp³-hybridized carbons (Fsp3) is 0.250. The number of esters is 1. The Bertz CT molecular complexity index is 429. The number of ether oxygens (including phenoxy) is 1. The van der Waals surface area contributed by atoms with Crippen LogP contribution in [-0.4, -0.2) is 18.0 Å². The first-order chi connectivity index (χ1) is 8.43. The van der Waals surface area contributed by atoms with Crippen LogP contribution >= 0.6 is 11.6 Å². The number of hydrogen-bond acceptors (Lipinski definition) is 3. The molecule has 0 fully saturated rings. The van der Waals surface area contributed by atoms with E-state index in [9.17, 15) is 13.6 Å². The maximum Gasteiger partial charge on any atom is 0.362 e. The van der Waals surface area contributed by atoms with Crippen molar-refractivity contribution in [1.82, 2.24) is 0 Å². The summed E-state index contributed by atoms with van der Waals surface area (Å²) in [5.74, 6) is -0.878. The van der Waals surface area contributed by atoms with Crippen molar-refractivity contribution in [1.29, 1.82) is 0 Å². The maximum atomic E-state index is 13.1. The highest BCUT2D eigenvalue weighted by atomic mass is 35.5. The molecule has 1 rings (SSSR count). The van der Waals surface area contributed by atoms with E-state index in [1.165, 1.54) is 0 Å². The average molecular weight is 276 g/mol. The van der Waals surface area contributed by atoms with Crippen LogP contribution < -0.4 is 5.32 Å². The van der Waals surface area contributed by atoms with Crippen LogP contribution in [0.4, 0.5) is 14.5 Å². The lowest BCUT2D eigenvalue weighted by Crippen LogP contribution is -2.20. The zero-order chi connectivity index (χ0) is 13.6. The lowest BCUT2D eigenvalue weighted by atomic mass is 10.3. The summed E-state index contributed by atoms with van der Waals surface area (Å²) in [5, 5.41) is -1.29. The standard InChI is InChI=1S/C12H12ClF2NO2/c1-2-18-11(17)8-10(12(13,14)15)16-9-6-4-3-5-7-9/h3-8,16H,2H2,1H3. The smallest absolute Gasteiger partial charge is 0.362 e. The lowest BCUT2D eigenvalue weighted by Gasteiger charge is -2.15. The van der Waals surface area contributed by atoms with Gasteiger partial charge in [-0.3, -0.25) is 0 Å². The summed E-state index contributed by atoms with van der Waals surface area (Å²) >= 11 is 4.92.